The molecule has 2 aliphatic carbocycles. The Morgan fingerprint density at radius 3 is 2.94 bits per heavy atom. The highest BCUT2D eigenvalue weighted by atomic mass is 35.5. The van der Waals surface area contributed by atoms with Gasteiger partial charge in [-0.3, -0.25) is 0 Å². The molecule has 0 amide bonds. The highest BCUT2D eigenvalue weighted by Gasteiger charge is 2.40. The van der Waals surface area contributed by atoms with Gasteiger partial charge >= 0.3 is 0 Å². The second-order valence-corrected chi connectivity index (χ2v) is 5.68. The van der Waals surface area contributed by atoms with Crippen molar-refractivity contribution in [3.8, 4) is 11.5 Å². The average Bonchev–Trinajstić information content (AvgIpc) is 3.23. The minimum absolute atomic E-state index is 0.313. The van der Waals surface area contributed by atoms with Gasteiger partial charge in [-0.25, -0.2) is 4.84 Å². The molecule has 0 aromatic heterocycles. The fourth-order valence-electron chi connectivity index (χ4n) is 2.40. The van der Waals surface area contributed by atoms with Crippen LogP contribution < -0.4 is 9.57 Å². The summed E-state index contributed by atoms with van der Waals surface area (Å²) < 4.78 is 5.88. The number of rotatable bonds is 6. The molecule has 2 N–H and O–H groups in total. The third kappa shape index (κ3) is 2.73. The standard InChI is InChI=1S/C14H18ClNO2/c15-16-7-10-5-12(10)13-6-11(17)3-4-14(13)18-8-9-1-2-9/h3-4,6,9-10,12,16-17H,1-2,5,7-8H2. The first-order valence-electron chi connectivity index (χ1n) is 6.57. The number of nitrogens with one attached hydrogen (secondary N) is 1. The minimum Gasteiger partial charge on any atom is -0.508 e. The maximum absolute atomic E-state index is 9.62. The summed E-state index contributed by atoms with van der Waals surface area (Å²) in [4.78, 5) is 2.69. The van der Waals surface area contributed by atoms with Crippen molar-refractivity contribution >= 4 is 11.8 Å². The number of phenols is 1. The summed E-state index contributed by atoms with van der Waals surface area (Å²) in [6.45, 7) is 1.62. The predicted octanol–water partition coefficient (Wildman–Crippen LogP) is 3.03. The fourth-order valence-corrected chi connectivity index (χ4v) is 2.60. The molecule has 3 nitrogen and oxygen atoms in total. The highest BCUT2D eigenvalue weighted by Crippen LogP contribution is 2.51. The lowest BCUT2D eigenvalue weighted by Crippen LogP contribution is -2.05. The number of hydrogen-bond donors (Lipinski definition) is 2. The number of hydrogen-bond acceptors (Lipinski definition) is 3. The van der Waals surface area contributed by atoms with Crippen LogP contribution >= 0.6 is 11.8 Å². The van der Waals surface area contributed by atoms with Crippen LogP contribution in [0.1, 0.15) is 30.7 Å². The van der Waals surface area contributed by atoms with Crippen molar-refractivity contribution in [2.24, 2.45) is 11.8 Å². The molecule has 2 fully saturated rings. The van der Waals surface area contributed by atoms with E-state index in [0.29, 0.717) is 17.6 Å². The first kappa shape index (κ1) is 12.1. The van der Waals surface area contributed by atoms with Crippen LogP contribution in [0.15, 0.2) is 18.2 Å². The second kappa shape index (κ2) is 4.98. The van der Waals surface area contributed by atoms with Gasteiger partial charge in [0, 0.05) is 12.1 Å². The normalized spacial score (nSPS) is 26.1. The van der Waals surface area contributed by atoms with Crippen LogP contribution in [0.25, 0.3) is 0 Å². The number of ether oxygens (including phenoxy) is 1. The summed E-state index contributed by atoms with van der Waals surface area (Å²) in [5, 5.41) is 9.62. The van der Waals surface area contributed by atoms with Crippen molar-refractivity contribution < 1.29 is 9.84 Å². The van der Waals surface area contributed by atoms with Gasteiger partial charge in [-0.1, -0.05) is 0 Å². The van der Waals surface area contributed by atoms with Gasteiger partial charge in [0.2, 0.25) is 0 Å². The van der Waals surface area contributed by atoms with Gasteiger partial charge in [-0.15, -0.1) is 0 Å². The molecule has 1 aromatic carbocycles. The number of aromatic hydroxyl groups is 1. The van der Waals surface area contributed by atoms with Crippen molar-refractivity contribution in [2.45, 2.75) is 25.2 Å². The van der Waals surface area contributed by atoms with Gasteiger partial charge in [-0.05, 0) is 67.0 Å². The molecule has 0 saturated heterocycles. The molecule has 0 radical (unpaired) electrons. The zero-order valence-electron chi connectivity index (χ0n) is 10.2. The van der Waals surface area contributed by atoms with Crippen molar-refractivity contribution in [2.75, 3.05) is 13.2 Å². The Morgan fingerprint density at radius 1 is 1.39 bits per heavy atom. The lowest BCUT2D eigenvalue weighted by Gasteiger charge is -2.11. The fraction of sp³-hybridized carbons (Fsp3) is 0.571. The zero-order valence-corrected chi connectivity index (χ0v) is 11.0. The lowest BCUT2D eigenvalue weighted by molar-refractivity contribution is 0.296. The Kier molecular flexibility index (Phi) is 3.35. The first-order valence-corrected chi connectivity index (χ1v) is 6.95. The highest BCUT2D eigenvalue weighted by molar-refractivity contribution is 6.13. The average molecular weight is 268 g/mol. The zero-order chi connectivity index (χ0) is 12.5. The van der Waals surface area contributed by atoms with E-state index in [1.54, 1.807) is 6.07 Å². The minimum atomic E-state index is 0.313. The molecule has 2 saturated carbocycles. The topological polar surface area (TPSA) is 41.5 Å². The van der Waals surface area contributed by atoms with Gasteiger partial charge in [0.15, 0.2) is 0 Å². The van der Waals surface area contributed by atoms with E-state index in [1.807, 2.05) is 12.1 Å². The molecule has 18 heavy (non-hydrogen) atoms. The molecule has 0 spiro atoms. The molecule has 2 aliphatic rings. The van der Waals surface area contributed by atoms with Gasteiger partial charge in [-0.2, -0.15) is 0 Å². The maximum Gasteiger partial charge on any atom is 0.123 e. The van der Waals surface area contributed by atoms with Crippen LogP contribution in [0.4, 0.5) is 0 Å². The van der Waals surface area contributed by atoms with E-state index < -0.39 is 0 Å². The van der Waals surface area contributed by atoms with Crippen LogP contribution in [-0.4, -0.2) is 18.3 Å². The Labute approximate surface area is 112 Å². The van der Waals surface area contributed by atoms with Gasteiger partial charge < -0.3 is 9.84 Å². The van der Waals surface area contributed by atoms with E-state index >= 15 is 0 Å². The molecule has 0 heterocycles. The summed E-state index contributed by atoms with van der Waals surface area (Å²) in [6, 6.07) is 5.42. The predicted molar refractivity (Wildman–Crippen MR) is 71.0 cm³/mol. The third-order valence-electron chi connectivity index (χ3n) is 3.83. The van der Waals surface area contributed by atoms with Crippen molar-refractivity contribution in [1.29, 1.82) is 0 Å². The molecular formula is C14H18ClNO2. The van der Waals surface area contributed by atoms with E-state index in [-0.39, 0.29) is 0 Å². The monoisotopic (exact) mass is 267 g/mol. The number of phenolic OH excluding ortho intramolecular Hbond substituents is 1. The third-order valence-corrected chi connectivity index (χ3v) is 3.98. The maximum atomic E-state index is 9.62. The summed E-state index contributed by atoms with van der Waals surface area (Å²) in [5.41, 5.74) is 1.13. The molecule has 98 valence electrons. The Hall–Kier alpha value is -0.930. The molecule has 3 rings (SSSR count). The van der Waals surface area contributed by atoms with Crippen molar-refractivity contribution in [3.05, 3.63) is 23.8 Å². The Balaban J connectivity index is 1.71. The molecule has 2 unspecified atom stereocenters. The summed E-state index contributed by atoms with van der Waals surface area (Å²) in [6.07, 6.45) is 3.69. The van der Waals surface area contributed by atoms with E-state index in [1.165, 1.54) is 12.8 Å². The molecule has 0 aliphatic heterocycles. The number of halogens is 1. The molecule has 1 aromatic rings. The smallest absolute Gasteiger partial charge is 0.123 e. The van der Waals surface area contributed by atoms with E-state index in [4.69, 9.17) is 16.5 Å². The summed E-state index contributed by atoms with van der Waals surface area (Å²) in [5.74, 6) is 3.02. The second-order valence-electron chi connectivity index (χ2n) is 5.42. The molecular weight excluding hydrogens is 250 g/mol. The van der Waals surface area contributed by atoms with Crippen LogP contribution in [0.2, 0.25) is 0 Å². The molecule has 4 heteroatoms. The van der Waals surface area contributed by atoms with Crippen LogP contribution in [0.5, 0.6) is 11.5 Å². The molecule has 0 bridgehead atoms. The summed E-state index contributed by atoms with van der Waals surface area (Å²) in [7, 11) is 0. The Bertz CT molecular complexity index is 434. The largest absolute Gasteiger partial charge is 0.508 e. The van der Waals surface area contributed by atoms with Crippen LogP contribution in [0.3, 0.4) is 0 Å². The van der Waals surface area contributed by atoms with Gasteiger partial charge in [0.25, 0.3) is 0 Å². The van der Waals surface area contributed by atoms with E-state index in [2.05, 4.69) is 4.84 Å². The van der Waals surface area contributed by atoms with Crippen LogP contribution in [-0.2, 0) is 0 Å². The van der Waals surface area contributed by atoms with Crippen molar-refractivity contribution in [1.82, 2.24) is 4.84 Å². The van der Waals surface area contributed by atoms with Gasteiger partial charge in [0.1, 0.15) is 11.5 Å². The molecule has 2 atom stereocenters. The summed E-state index contributed by atoms with van der Waals surface area (Å²) >= 11 is 5.54. The first-order chi connectivity index (χ1) is 8.78. The Morgan fingerprint density at radius 2 is 2.22 bits per heavy atom. The SMILES string of the molecule is Oc1ccc(OCC2CC2)c(C2CC2CNCl)c1. The lowest BCUT2D eigenvalue weighted by atomic mass is 10.1. The van der Waals surface area contributed by atoms with Crippen molar-refractivity contribution in [3.63, 3.8) is 0 Å². The van der Waals surface area contributed by atoms with E-state index in [0.717, 1.165) is 36.8 Å². The van der Waals surface area contributed by atoms with Crippen LogP contribution in [0, 0.1) is 11.8 Å². The van der Waals surface area contributed by atoms with Gasteiger partial charge in [0.05, 0.1) is 6.61 Å². The number of benzene rings is 1. The van der Waals surface area contributed by atoms with E-state index in [9.17, 15) is 5.11 Å². The quantitative estimate of drug-likeness (QED) is 0.779.